The molecule has 0 spiro atoms. The van der Waals surface area contributed by atoms with E-state index < -0.39 is 11.9 Å². The van der Waals surface area contributed by atoms with Gasteiger partial charge < -0.3 is 9.84 Å². The lowest BCUT2D eigenvalue weighted by atomic mass is 9.72. The van der Waals surface area contributed by atoms with Gasteiger partial charge in [-0.3, -0.25) is 14.4 Å². The fourth-order valence-corrected chi connectivity index (χ4v) is 3.80. The number of ketones is 2. The summed E-state index contributed by atoms with van der Waals surface area (Å²) in [4.78, 5) is 36.1. The molecule has 0 fully saturated rings. The predicted molar refractivity (Wildman–Crippen MR) is 77.7 cm³/mol. The summed E-state index contributed by atoms with van der Waals surface area (Å²) < 4.78 is 5.91. The Morgan fingerprint density at radius 2 is 1.45 bits per heavy atom. The molecule has 0 radical (unpaired) electrons. The molecule has 1 N–H and O–H groups in total. The lowest BCUT2D eigenvalue weighted by molar-refractivity contribution is -0.137. The Morgan fingerprint density at radius 1 is 1.00 bits per heavy atom. The van der Waals surface area contributed by atoms with Crippen molar-refractivity contribution in [1.29, 1.82) is 0 Å². The first-order valence-corrected chi connectivity index (χ1v) is 7.79. The van der Waals surface area contributed by atoms with Crippen LogP contribution in [-0.2, 0) is 19.1 Å². The van der Waals surface area contributed by atoms with E-state index in [1.165, 1.54) is 0 Å². The fourth-order valence-electron chi connectivity index (χ4n) is 3.80. The van der Waals surface area contributed by atoms with E-state index in [0.717, 1.165) is 0 Å². The second-order valence-electron chi connectivity index (χ2n) is 6.80. The van der Waals surface area contributed by atoms with Gasteiger partial charge in [0.15, 0.2) is 11.6 Å². The maximum Gasteiger partial charge on any atom is 0.304 e. The molecule has 0 saturated heterocycles. The van der Waals surface area contributed by atoms with Gasteiger partial charge in [-0.1, -0.05) is 13.8 Å². The third-order valence-corrected chi connectivity index (χ3v) is 4.66. The minimum Gasteiger partial charge on any atom is -0.481 e. The van der Waals surface area contributed by atoms with Gasteiger partial charge in [0.25, 0.3) is 0 Å². The van der Waals surface area contributed by atoms with Gasteiger partial charge in [0.1, 0.15) is 11.5 Å². The van der Waals surface area contributed by atoms with Crippen LogP contribution in [-0.4, -0.2) is 22.6 Å². The monoisotopic (exact) mass is 304 g/mol. The van der Waals surface area contributed by atoms with Crippen molar-refractivity contribution >= 4 is 17.5 Å². The van der Waals surface area contributed by atoms with Crippen molar-refractivity contribution in [3.05, 3.63) is 22.7 Å². The molecular formula is C17H20O5. The van der Waals surface area contributed by atoms with Crippen LogP contribution in [0.5, 0.6) is 0 Å². The van der Waals surface area contributed by atoms with E-state index in [4.69, 9.17) is 4.74 Å². The first kappa shape index (κ1) is 15.0. The molecule has 118 valence electrons. The van der Waals surface area contributed by atoms with Gasteiger partial charge in [0.2, 0.25) is 0 Å². The summed E-state index contributed by atoms with van der Waals surface area (Å²) in [5.41, 5.74) is 0.865. The Balaban J connectivity index is 2.07. The smallest absolute Gasteiger partial charge is 0.304 e. The average molecular weight is 304 g/mol. The zero-order chi connectivity index (χ0) is 16.0. The Bertz CT molecular complexity index is 579. The normalized spacial score (nSPS) is 31.6. The van der Waals surface area contributed by atoms with Crippen LogP contribution < -0.4 is 0 Å². The molecule has 22 heavy (non-hydrogen) atoms. The van der Waals surface area contributed by atoms with Crippen LogP contribution in [0.4, 0.5) is 0 Å². The summed E-state index contributed by atoms with van der Waals surface area (Å²) in [5.74, 6) is -0.201. The van der Waals surface area contributed by atoms with Crippen molar-refractivity contribution in [3.63, 3.8) is 0 Å². The topological polar surface area (TPSA) is 80.7 Å². The Labute approximate surface area is 129 Å². The number of ether oxygens (including phenoxy) is 1. The number of carboxylic acids is 1. The summed E-state index contributed by atoms with van der Waals surface area (Å²) in [6, 6.07) is 0. The number of Topliss-reactive ketones (excluding diaryl/α,β-unsaturated/α-hetero) is 2. The molecule has 1 aliphatic heterocycles. The minimum absolute atomic E-state index is 0.0713. The fraction of sp³-hybridized carbons (Fsp3) is 0.588. The number of allylic oxidation sites excluding steroid dienone is 4. The quantitative estimate of drug-likeness (QED) is 0.848. The molecule has 0 aromatic rings. The molecule has 2 aliphatic carbocycles. The van der Waals surface area contributed by atoms with Crippen LogP contribution in [0, 0.1) is 17.8 Å². The highest BCUT2D eigenvalue weighted by molar-refractivity contribution is 6.04. The van der Waals surface area contributed by atoms with E-state index in [0.29, 0.717) is 48.3 Å². The van der Waals surface area contributed by atoms with E-state index >= 15 is 0 Å². The number of hydrogen-bond donors (Lipinski definition) is 1. The lowest BCUT2D eigenvalue weighted by Gasteiger charge is -2.37. The number of carboxylic acid groups (broad SMARTS) is 1. The van der Waals surface area contributed by atoms with E-state index in [1.807, 2.05) is 13.8 Å². The average Bonchev–Trinajstić information content (AvgIpc) is 2.35. The van der Waals surface area contributed by atoms with Crippen LogP contribution in [0.15, 0.2) is 22.7 Å². The number of rotatable bonds is 2. The summed E-state index contributed by atoms with van der Waals surface area (Å²) in [5, 5.41) is 9.21. The molecule has 0 aromatic carbocycles. The third kappa shape index (κ3) is 2.49. The maximum atomic E-state index is 12.4. The van der Waals surface area contributed by atoms with Gasteiger partial charge in [-0.25, -0.2) is 0 Å². The number of carbonyl (C=O) groups excluding carboxylic acids is 2. The number of hydrogen-bond acceptors (Lipinski definition) is 4. The molecule has 0 amide bonds. The van der Waals surface area contributed by atoms with Crippen molar-refractivity contribution in [2.45, 2.75) is 46.0 Å². The molecule has 3 rings (SSSR count). The highest BCUT2D eigenvalue weighted by atomic mass is 16.5. The standard InChI is InChI=1S/C17H20O5/c1-8-3-11(18)16-10(7-15(20)21)17-12(19)4-9(2)6-14(17)22-13(16)5-8/h8-10H,3-7H2,1-2H3,(H,20,21). The zero-order valence-electron chi connectivity index (χ0n) is 12.8. The minimum atomic E-state index is -0.997. The van der Waals surface area contributed by atoms with Crippen molar-refractivity contribution in [1.82, 2.24) is 0 Å². The van der Waals surface area contributed by atoms with Gasteiger partial charge >= 0.3 is 5.97 Å². The Kier molecular flexibility index (Phi) is 3.67. The number of aliphatic carboxylic acids is 1. The van der Waals surface area contributed by atoms with Crippen LogP contribution >= 0.6 is 0 Å². The molecule has 3 aliphatic rings. The predicted octanol–water partition coefficient (Wildman–Crippen LogP) is 2.61. The van der Waals surface area contributed by atoms with E-state index in [9.17, 15) is 19.5 Å². The van der Waals surface area contributed by atoms with Crippen molar-refractivity contribution in [2.75, 3.05) is 0 Å². The van der Waals surface area contributed by atoms with Gasteiger partial charge in [-0.05, 0) is 11.8 Å². The molecule has 1 heterocycles. The van der Waals surface area contributed by atoms with Crippen molar-refractivity contribution in [3.8, 4) is 0 Å². The van der Waals surface area contributed by atoms with Crippen molar-refractivity contribution in [2.24, 2.45) is 17.8 Å². The van der Waals surface area contributed by atoms with Gasteiger partial charge in [0.05, 0.1) is 6.42 Å². The Hall–Kier alpha value is -1.91. The van der Waals surface area contributed by atoms with Gasteiger partial charge in [0, 0.05) is 42.7 Å². The first-order valence-electron chi connectivity index (χ1n) is 7.79. The summed E-state index contributed by atoms with van der Waals surface area (Å²) in [6.45, 7) is 3.96. The van der Waals surface area contributed by atoms with Gasteiger partial charge in [-0.2, -0.15) is 0 Å². The molecule has 0 saturated carbocycles. The molecule has 5 heteroatoms. The highest BCUT2D eigenvalue weighted by Crippen LogP contribution is 2.46. The molecular weight excluding hydrogens is 284 g/mol. The Morgan fingerprint density at radius 3 is 1.86 bits per heavy atom. The van der Waals surface area contributed by atoms with E-state index in [-0.39, 0.29) is 29.8 Å². The largest absolute Gasteiger partial charge is 0.481 e. The van der Waals surface area contributed by atoms with Gasteiger partial charge in [-0.15, -0.1) is 0 Å². The lowest BCUT2D eigenvalue weighted by Crippen LogP contribution is -2.35. The third-order valence-electron chi connectivity index (χ3n) is 4.66. The molecule has 2 unspecified atom stereocenters. The maximum absolute atomic E-state index is 12.4. The zero-order valence-corrected chi connectivity index (χ0v) is 12.8. The van der Waals surface area contributed by atoms with Crippen molar-refractivity contribution < 1.29 is 24.2 Å². The van der Waals surface area contributed by atoms with Crippen LogP contribution in [0.2, 0.25) is 0 Å². The molecule has 0 aromatic heterocycles. The van der Waals surface area contributed by atoms with Crippen LogP contribution in [0.25, 0.3) is 0 Å². The summed E-state index contributed by atoms with van der Waals surface area (Å²) in [6.07, 6.45) is 1.84. The van der Waals surface area contributed by atoms with Crippen LogP contribution in [0.1, 0.15) is 46.0 Å². The SMILES string of the molecule is CC1CC(=O)C2=C(C1)OC1=C(C(=O)CC(C)C1)C2CC(=O)O. The van der Waals surface area contributed by atoms with E-state index in [1.54, 1.807) is 0 Å². The second-order valence-corrected chi connectivity index (χ2v) is 6.80. The molecule has 5 nitrogen and oxygen atoms in total. The summed E-state index contributed by atoms with van der Waals surface area (Å²) in [7, 11) is 0. The second kappa shape index (κ2) is 5.38. The first-order chi connectivity index (χ1) is 10.4. The summed E-state index contributed by atoms with van der Waals surface area (Å²) >= 11 is 0. The van der Waals surface area contributed by atoms with E-state index in [2.05, 4.69) is 0 Å². The van der Waals surface area contributed by atoms with Crippen LogP contribution in [0.3, 0.4) is 0 Å². The number of carbonyl (C=O) groups is 3. The highest BCUT2D eigenvalue weighted by Gasteiger charge is 2.43. The molecule has 2 atom stereocenters. The molecule has 0 bridgehead atoms.